The number of para-hydroxylation sites is 1. The first-order chi connectivity index (χ1) is 31.0. The van der Waals surface area contributed by atoms with Crippen LogP contribution in [0, 0.1) is 0 Å². The van der Waals surface area contributed by atoms with E-state index in [4.69, 9.17) is 22.6 Å². The second-order valence-corrected chi connectivity index (χ2v) is 16.5. The average Bonchev–Trinajstić information content (AvgIpc) is 3.87. The molecule has 12 aromatic rings. The lowest BCUT2D eigenvalue weighted by Gasteiger charge is -2.17. The van der Waals surface area contributed by atoms with Crippen LogP contribution in [0.15, 0.2) is 228 Å². The largest absolute Gasteiger partial charge is 0.455 e. The quantitative estimate of drug-likeness (QED) is 0.117. The van der Waals surface area contributed by atoms with Gasteiger partial charge in [0.15, 0.2) is 0 Å². The molecule has 0 unspecified atom stereocenters. The maximum Gasteiger partial charge on any atom is 0.145 e. The number of aromatic nitrogens is 1. The molecule has 0 N–H and O–H groups in total. The van der Waals surface area contributed by atoms with Crippen LogP contribution in [0.1, 0.15) is 23.6 Å². The van der Waals surface area contributed by atoms with E-state index in [-0.39, 0.29) is 0 Å². The molecule has 0 saturated carbocycles. The molecule has 0 aliphatic carbocycles. The molecule has 0 aliphatic heterocycles. The van der Waals surface area contributed by atoms with Gasteiger partial charge in [-0.05, 0) is 121 Å². The van der Waals surface area contributed by atoms with Crippen LogP contribution in [0.4, 0.5) is 0 Å². The molecule has 296 valence electrons. The fraction of sp³-hybridized carbons (Fsp3) is 0.0167. The van der Waals surface area contributed by atoms with E-state index in [1.807, 2.05) is 12.1 Å². The van der Waals surface area contributed by atoms with E-state index in [0.717, 1.165) is 83.3 Å². The maximum absolute atomic E-state index is 6.89. The number of hydrogen-bond donors (Lipinski definition) is 0. The van der Waals surface area contributed by atoms with Crippen molar-refractivity contribution in [2.45, 2.75) is 6.92 Å². The monoisotopic (exact) mass is 804 g/mol. The molecular weight excluding hydrogens is 765 g/mol. The van der Waals surface area contributed by atoms with Crippen LogP contribution in [0.5, 0.6) is 0 Å². The number of nitrogens with zero attached hydrogens (tertiary/aromatic N) is 2. The molecule has 0 atom stereocenters. The lowest BCUT2D eigenvalue weighted by atomic mass is 9.94. The Morgan fingerprint density at radius 1 is 0.492 bits per heavy atom. The highest BCUT2D eigenvalue weighted by atomic mass is 16.3. The summed E-state index contributed by atoms with van der Waals surface area (Å²) in [5, 5.41) is 14.0. The van der Waals surface area contributed by atoms with Crippen molar-refractivity contribution >= 4 is 104 Å². The summed E-state index contributed by atoms with van der Waals surface area (Å²) in [5.41, 5.74) is 10.9. The molecule has 63 heavy (non-hydrogen) atoms. The molecule has 0 aliphatic rings. The van der Waals surface area contributed by atoms with Crippen molar-refractivity contribution in [2.75, 3.05) is 0 Å². The predicted molar refractivity (Wildman–Crippen MR) is 269 cm³/mol. The summed E-state index contributed by atoms with van der Waals surface area (Å²) in [4.78, 5) is 5.40. The van der Waals surface area contributed by atoms with Crippen molar-refractivity contribution in [3.8, 4) is 5.69 Å². The summed E-state index contributed by atoms with van der Waals surface area (Å²) in [6.07, 6.45) is 2.09. The van der Waals surface area contributed by atoms with Crippen molar-refractivity contribution in [3.05, 3.63) is 236 Å². The van der Waals surface area contributed by atoms with Crippen molar-refractivity contribution in [1.29, 1.82) is 0 Å². The van der Waals surface area contributed by atoms with Crippen LogP contribution in [0.2, 0.25) is 0 Å². The van der Waals surface area contributed by atoms with Crippen LogP contribution in [0.3, 0.4) is 0 Å². The second-order valence-electron chi connectivity index (χ2n) is 16.5. The molecule has 10 aromatic carbocycles. The highest BCUT2D eigenvalue weighted by molar-refractivity contribution is 6.24. The van der Waals surface area contributed by atoms with Gasteiger partial charge in [0, 0.05) is 38.4 Å². The van der Waals surface area contributed by atoms with E-state index in [1.54, 1.807) is 0 Å². The number of furan rings is 1. The van der Waals surface area contributed by atoms with Gasteiger partial charge in [-0.2, -0.15) is 0 Å². The molecule has 12 rings (SSSR count). The van der Waals surface area contributed by atoms with Crippen molar-refractivity contribution in [1.82, 2.24) is 4.57 Å². The van der Waals surface area contributed by atoms with Crippen LogP contribution < -0.4 is 0 Å². The van der Waals surface area contributed by atoms with Crippen LogP contribution >= 0.6 is 0 Å². The summed E-state index contributed by atoms with van der Waals surface area (Å²) in [6.45, 7) is 11.7. The Balaban J connectivity index is 1.10. The molecule has 0 saturated heterocycles. The molecule has 0 spiro atoms. The predicted octanol–water partition coefficient (Wildman–Crippen LogP) is 16.4. The second kappa shape index (κ2) is 14.4. The molecular formula is C60H40N2O. The van der Waals surface area contributed by atoms with Crippen molar-refractivity contribution in [2.24, 2.45) is 4.99 Å². The van der Waals surface area contributed by atoms with Gasteiger partial charge < -0.3 is 8.98 Å². The average molecular weight is 805 g/mol. The van der Waals surface area contributed by atoms with Gasteiger partial charge in [-0.25, -0.2) is 0 Å². The third-order valence-corrected chi connectivity index (χ3v) is 12.8. The van der Waals surface area contributed by atoms with Crippen LogP contribution in [-0.2, 0) is 0 Å². The zero-order valence-corrected chi connectivity index (χ0v) is 34.8. The molecule has 3 nitrogen and oxygen atoms in total. The molecule has 3 heteroatoms. The highest BCUT2D eigenvalue weighted by Gasteiger charge is 2.24. The van der Waals surface area contributed by atoms with Crippen molar-refractivity contribution in [3.63, 3.8) is 0 Å². The van der Waals surface area contributed by atoms with E-state index >= 15 is 0 Å². The molecule has 2 heterocycles. The number of aliphatic imine (C=N–C) groups is 1. The molecule has 0 radical (unpaired) electrons. The zero-order chi connectivity index (χ0) is 42.2. The normalized spacial score (nSPS) is 12.5. The summed E-state index contributed by atoms with van der Waals surface area (Å²) in [6, 6.07) is 69.1. The summed E-state index contributed by atoms with van der Waals surface area (Å²) in [7, 11) is 0. The number of fused-ring (bicyclic) bond motifs is 11. The lowest BCUT2D eigenvalue weighted by Crippen LogP contribution is -2.01. The lowest BCUT2D eigenvalue weighted by molar-refractivity contribution is 0.667. The van der Waals surface area contributed by atoms with Crippen LogP contribution in [0.25, 0.3) is 104 Å². The minimum Gasteiger partial charge on any atom is -0.455 e. The van der Waals surface area contributed by atoms with Gasteiger partial charge in [0.1, 0.15) is 11.2 Å². The minimum atomic E-state index is 0.735. The Morgan fingerprint density at radius 3 is 1.79 bits per heavy atom. The van der Waals surface area contributed by atoms with Gasteiger partial charge >= 0.3 is 0 Å². The Morgan fingerprint density at radius 2 is 1.06 bits per heavy atom. The van der Waals surface area contributed by atoms with Gasteiger partial charge in [-0.1, -0.05) is 159 Å². The number of hydrogen-bond acceptors (Lipinski definition) is 2. The fourth-order valence-electron chi connectivity index (χ4n) is 9.59. The van der Waals surface area contributed by atoms with Gasteiger partial charge in [0.2, 0.25) is 0 Å². The highest BCUT2D eigenvalue weighted by Crippen LogP contribution is 2.44. The first kappa shape index (κ1) is 36.6. The Labute approximate surface area is 364 Å². The third kappa shape index (κ3) is 6.01. The first-order valence-corrected chi connectivity index (χ1v) is 21.4. The Hall–Kier alpha value is -8.27. The van der Waals surface area contributed by atoms with Gasteiger partial charge in [0.05, 0.1) is 22.4 Å². The molecule has 0 amide bonds. The topological polar surface area (TPSA) is 30.4 Å². The van der Waals surface area contributed by atoms with E-state index in [2.05, 4.69) is 200 Å². The minimum absolute atomic E-state index is 0.735. The number of allylic oxidation sites excluding steroid dienone is 3. The van der Waals surface area contributed by atoms with Gasteiger partial charge in [-0.3, -0.25) is 4.99 Å². The summed E-state index contributed by atoms with van der Waals surface area (Å²) in [5.74, 6) is 0. The van der Waals surface area contributed by atoms with Crippen molar-refractivity contribution < 1.29 is 4.42 Å². The van der Waals surface area contributed by atoms with E-state index < -0.39 is 0 Å². The summed E-state index contributed by atoms with van der Waals surface area (Å²) >= 11 is 0. The molecule has 2 aromatic heterocycles. The van der Waals surface area contributed by atoms with E-state index in [0.29, 0.717) is 0 Å². The molecule has 0 bridgehead atoms. The Bertz CT molecular complexity index is 3960. The Kier molecular flexibility index (Phi) is 8.38. The van der Waals surface area contributed by atoms with E-state index in [9.17, 15) is 0 Å². The SMILES string of the molecule is C=C(/C=C(/N=C(C)c1ccc2ccccc2c1)c1ccc2ccccc2c1)C(=C)c1c(-n2c3cc4ccccc4cc3c3c4ccccc4ccc32)ccc2c1oc1ccccc12. The number of benzene rings is 10. The van der Waals surface area contributed by atoms with E-state index in [1.165, 1.54) is 48.5 Å². The third-order valence-electron chi connectivity index (χ3n) is 12.8. The summed E-state index contributed by atoms with van der Waals surface area (Å²) < 4.78 is 9.29. The van der Waals surface area contributed by atoms with Gasteiger partial charge in [0.25, 0.3) is 0 Å². The zero-order valence-electron chi connectivity index (χ0n) is 34.8. The number of rotatable bonds is 7. The standard InChI is InChI=1S/C60H40N2O/c1-37(32-53(48-27-25-41-15-5-7-18-45(41)34-48)61-39(3)43-26-24-40-14-4-6-17-44(40)33-43)38(2)58-54(31-29-51-50-22-12-13-23-57(50)63-60(51)58)62-55-30-28-42-16-10-11-21-49(42)59(55)52-35-46-19-8-9-20-47(46)36-56(52)62/h4-36H,1-2H2,3H3/b53-32+,61-39?. The maximum atomic E-state index is 6.89. The van der Waals surface area contributed by atoms with Crippen LogP contribution in [-0.4, -0.2) is 10.3 Å². The smallest absolute Gasteiger partial charge is 0.145 e. The molecule has 0 fully saturated rings. The first-order valence-electron chi connectivity index (χ1n) is 21.4. The van der Waals surface area contributed by atoms with Gasteiger partial charge in [-0.15, -0.1) is 0 Å². The fourth-order valence-corrected chi connectivity index (χ4v) is 9.59.